The zero-order valence-corrected chi connectivity index (χ0v) is 15.0. The van der Waals surface area contributed by atoms with Gasteiger partial charge in [-0.3, -0.25) is 14.9 Å². The summed E-state index contributed by atoms with van der Waals surface area (Å²) in [5, 5.41) is 18.9. The smallest absolute Gasteiger partial charge is 0.267 e. The SMILES string of the molecule is O=C(c1ccccc1)N1N=C(c2ccc([N+](=O)[O-])cc2)CC1c1cccs1. The zero-order valence-electron chi connectivity index (χ0n) is 14.2. The fourth-order valence-corrected chi connectivity index (χ4v) is 3.87. The second-order valence-corrected chi connectivity index (χ2v) is 7.08. The fourth-order valence-electron chi connectivity index (χ4n) is 3.06. The molecule has 1 unspecified atom stereocenters. The average Bonchev–Trinajstić information content (AvgIpc) is 3.38. The third-order valence-corrected chi connectivity index (χ3v) is 5.40. The summed E-state index contributed by atoms with van der Waals surface area (Å²) >= 11 is 1.58. The average molecular weight is 377 g/mol. The van der Waals surface area contributed by atoms with Crippen LogP contribution in [0, 0.1) is 10.1 Å². The van der Waals surface area contributed by atoms with E-state index in [4.69, 9.17) is 0 Å². The molecular weight excluding hydrogens is 362 g/mol. The second kappa shape index (κ2) is 7.13. The first kappa shape index (κ1) is 17.1. The third-order valence-electron chi connectivity index (χ3n) is 4.42. The number of carbonyl (C=O) groups is 1. The summed E-state index contributed by atoms with van der Waals surface area (Å²) in [7, 11) is 0. The van der Waals surface area contributed by atoms with Crippen molar-refractivity contribution >= 4 is 28.6 Å². The minimum atomic E-state index is -0.431. The first-order chi connectivity index (χ1) is 13.1. The van der Waals surface area contributed by atoms with Gasteiger partial charge in [0, 0.05) is 29.0 Å². The van der Waals surface area contributed by atoms with Gasteiger partial charge in [-0.1, -0.05) is 24.3 Å². The first-order valence-corrected chi connectivity index (χ1v) is 9.26. The van der Waals surface area contributed by atoms with E-state index < -0.39 is 4.92 Å². The highest BCUT2D eigenvalue weighted by Gasteiger charge is 2.34. The highest BCUT2D eigenvalue weighted by molar-refractivity contribution is 7.10. The molecule has 7 heteroatoms. The Morgan fingerprint density at radius 1 is 1.07 bits per heavy atom. The minimum absolute atomic E-state index is 0.0318. The van der Waals surface area contributed by atoms with E-state index in [1.54, 1.807) is 35.6 Å². The molecule has 27 heavy (non-hydrogen) atoms. The summed E-state index contributed by atoms with van der Waals surface area (Å²) in [5.74, 6) is -0.161. The standard InChI is InChI=1S/C20H15N3O3S/c24-20(15-5-2-1-3-6-15)22-18(19-7-4-12-27-19)13-17(21-22)14-8-10-16(11-9-14)23(25)26/h1-12,18H,13H2. The lowest BCUT2D eigenvalue weighted by molar-refractivity contribution is -0.384. The van der Waals surface area contributed by atoms with Gasteiger partial charge in [-0.15, -0.1) is 11.3 Å². The number of nitro benzene ring substituents is 1. The number of hydrogen-bond acceptors (Lipinski definition) is 5. The summed E-state index contributed by atoms with van der Waals surface area (Å²) in [5.41, 5.74) is 2.13. The molecule has 0 aliphatic carbocycles. The Morgan fingerprint density at radius 3 is 2.44 bits per heavy atom. The molecule has 0 radical (unpaired) electrons. The number of amides is 1. The third kappa shape index (κ3) is 3.37. The first-order valence-electron chi connectivity index (χ1n) is 8.38. The molecule has 134 valence electrons. The maximum absolute atomic E-state index is 13.0. The lowest BCUT2D eigenvalue weighted by Gasteiger charge is -2.20. The van der Waals surface area contributed by atoms with Crippen LogP contribution in [0.15, 0.2) is 77.2 Å². The van der Waals surface area contributed by atoms with Gasteiger partial charge in [-0.05, 0) is 41.3 Å². The molecule has 0 fully saturated rings. The summed E-state index contributed by atoms with van der Waals surface area (Å²) in [6.07, 6.45) is 0.566. The number of non-ortho nitro benzene ring substituents is 1. The normalized spacial score (nSPS) is 16.2. The van der Waals surface area contributed by atoms with E-state index in [2.05, 4.69) is 5.10 Å². The predicted molar refractivity (Wildman–Crippen MR) is 104 cm³/mol. The Kier molecular flexibility index (Phi) is 4.52. The van der Waals surface area contributed by atoms with Gasteiger partial charge in [-0.25, -0.2) is 5.01 Å². The van der Waals surface area contributed by atoms with Crippen molar-refractivity contribution in [3.05, 3.63) is 98.2 Å². The Morgan fingerprint density at radius 2 is 1.81 bits per heavy atom. The molecule has 0 spiro atoms. The number of rotatable bonds is 4. The topological polar surface area (TPSA) is 75.8 Å². The van der Waals surface area contributed by atoms with Crippen LogP contribution in [-0.4, -0.2) is 21.6 Å². The molecule has 1 amide bonds. The summed E-state index contributed by atoms with van der Waals surface area (Å²) in [6, 6.07) is 19.1. The van der Waals surface area contributed by atoms with Crippen LogP contribution in [0.3, 0.4) is 0 Å². The van der Waals surface area contributed by atoms with Crippen molar-refractivity contribution in [2.24, 2.45) is 5.10 Å². The van der Waals surface area contributed by atoms with E-state index in [0.717, 1.165) is 16.2 Å². The van der Waals surface area contributed by atoms with Crippen LogP contribution < -0.4 is 0 Å². The minimum Gasteiger partial charge on any atom is -0.267 e. The van der Waals surface area contributed by atoms with Crippen LogP contribution in [0.1, 0.15) is 33.3 Å². The molecule has 1 aromatic heterocycles. The van der Waals surface area contributed by atoms with Crippen LogP contribution in [0.25, 0.3) is 0 Å². The van der Waals surface area contributed by atoms with Crippen LogP contribution in [0.4, 0.5) is 5.69 Å². The largest absolute Gasteiger partial charge is 0.274 e. The lowest BCUT2D eigenvalue weighted by Crippen LogP contribution is -2.26. The lowest BCUT2D eigenvalue weighted by atomic mass is 10.0. The van der Waals surface area contributed by atoms with Crippen LogP contribution in [-0.2, 0) is 0 Å². The van der Waals surface area contributed by atoms with Gasteiger partial charge >= 0.3 is 0 Å². The molecule has 4 rings (SSSR count). The van der Waals surface area contributed by atoms with Crippen molar-refractivity contribution < 1.29 is 9.72 Å². The number of hydrazone groups is 1. The maximum Gasteiger partial charge on any atom is 0.274 e. The zero-order chi connectivity index (χ0) is 18.8. The molecule has 2 aromatic carbocycles. The van der Waals surface area contributed by atoms with E-state index in [-0.39, 0.29) is 17.6 Å². The summed E-state index contributed by atoms with van der Waals surface area (Å²) in [4.78, 5) is 24.5. The maximum atomic E-state index is 13.0. The van der Waals surface area contributed by atoms with Gasteiger partial charge in [0.25, 0.3) is 11.6 Å². The number of benzene rings is 2. The number of carbonyl (C=O) groups excluding carboxylic acids is 1. The Labute approximate surface area is 159 Å². The highest BCUT2D eigenvalue weighted by atomic mass is 32.1. The van der Waals surface area contributed by atoms with Gasteiger partial charge in [0.15, 0.2) is 0 Å². The molecule has 1 aliphatic heterocycles. The van der Waals surface area contributed by atoms with Crippen LogP contribution in [0.5, 0.6) is 0 Å². The van der Waals surface area contributed by atoms with E-state index in [9.17, 15) is 14.9 Å². The van der Waals surface area contributed by atoms with E-state index >= 15 is 0 Å². The molecule has 3 aromatic rings. The van der Waals surface area contributed by atoms with Gasteiger partial charge in [-0.2, -0.15) is 5.10 Å². The predicted octanol–water partition coefficient (Wildman–Crippen LogP) is 4.65. The van der Waals surface area contributed by atoms with Gasteiger partial charge in [0.1, 0.15) is 0 Å². The highest BCUT2D eigenvalue weighted by Crippen LogP contribution is 2.36. The quantitative estimate of drug-likeness (QED) is 0.491. The molecule has 0 N–H and O–H groups in total. The van der Waals surface area contributed by atoms with Gasteiger partial charge in [0.2, 0.25) is 0 Å². The van der Waals surface area contributed by atoms with Crippen molar-refractivity contribution in [2.75, 3.05) is 0 Å². The van der Waals surface area contributed by atoms with Gasteiger partial charge in [0.05, 0.1) is 16.7 Å². The molecular formula is C20H15N3O3S. The van der Waals surface area contributed by atoms with Crippen molar-refractivity contribution in [1.82, 2.24) is 5.01 Å². The number of thiophene rings is 1. The summed E-state index contributed by atoms with van der Waals surface area (Å²) < 4.78 is 0. The molecule has 1 atom stereocenters. The number of hydrogen-bond donors (Lipinski definition) is 0. The monoisotopic (exact) mass is 377 g/mol. The molecule has 6 nitrogen and oxygen atoms in total. The van der Waals surface area contributed by atoms with Crippen molar-refractivity contribution in [1.29, 1.82) is 0 Å². The number of nitrogens with zero attached hydrogens (tertiary/aromatic N) is 3. The summed E-state index contributed by atoms with van der Waals surface area (Å²) in [6.45, 7) is 0. The van der Waals surface area contributed by atoms with Crippen molar-refractivity contribution in [2.45, 2.75) is 12.5 Å². The van der Waals surface area contributed by atoms with Gasteiger partial charge < -0.3 is 0 Å². The molecule has 0 saturated carbocycles. The van der Waals surface area contributed by atoms with Crippen molar-refractivity contribution in [3.63, 3.8) is 0 Å². The van der Waals surface area contributed by atoms with E-state index in [1.807, 2.05) is 35.7 Å². The molecule has 0 saturated heterocycles. The molecule has 2 heterocycles. The van der Waals surface area contributed by atoms with E-state index in [0.29, 0.717) is 12.0 Å². The van der Waals surface area contributed by atoms with Crippen molar-refractivity contribution in [3.8, 4) is 0 Å². The molecule has 1 aliphatic rings. The van der Waals surface area contributed by atoms with E-state index in [1.165, 1.54) is 17.1 Å². The Bertz CT molecular complexity index is 999. The Balaban J connectivity index is 1.69. The number of nitro groups is 1. The van der Waals surface area contributed by atoms with Crippen LogP contribution >= 0.6 is 11.3 Å². The second-order valence-electron chi connectivity index (χ2n) is 6.10. The molecule has 0 bridgehead atoms. The van der Waals surface area contributed by atoms with Crippen LogP contribution in [0.2, 0.25) is 0 Å². The fraction of sp³-hybridized carbons (Fsp3) is 0.100. The Hall–Kier alpha value is -3.32.